The molecule has 2 heterocycles. The molecular formula is C20H20FNO2. The number of ether oxygens (including phenoxy) is 1. The minimum atomic E-state index is -0.338. The van der Waals surface area contributed by atoms with Crippen LogP contribution in [0.2, 0.25) is 0 Å². The SMILES string of the molecule is CC1Cc2cc(F)cc(-c3ccc4c(n3)CCC(C)(C)C4=O)c2O1. The van der Waals surface area contributed by atoms with Crippen molar-refractivity contribution in [2.75, 3.05) is 0 Å². The molecule has 2 aliphatic rings. The molecule has 1 aromatic carbocycles. The Balaban J connectivity index is 1.82. The fourth-order valence-corrected chi connectivity index (χ4v) is 3.64. The van der Waals surface area contributed by atoms with E-state index in [-0.39, 0.29) is 23.1 Å². The first-order chi connectivity index (χ1) is 11.3. The van der Waals surface area contributed by atoms with Crippen LogP contribution in [0.3, 0.4) is 0 Å². The maximum atomic E-state index is 14.0. The second kappa shape index (κ2) is 5.13. The summed E-state index contributed by atoms with van der Waals surface area (Å²) in [6.07, 6.45) is 2.29. The first-order valence-corrected chi connectivity index (χ1v) is 8.39. The molecule has 0 saturated heterocycles. The molecule has 2 aromatic rings. The number of nitrogens with zero attached hydrogens (tertiary/aromatic N) is 1. The van der Waals surface area contributed by atoms with Crippen LogP contribution in [0.25, 0.3) is 11.3 Å². The summed E-state index contributed by atoms with van der Waals surface area (Å²) in [5, 5.41) is 0. The zero-order valence-corrected chi connectivity index (χ0v) is 14.1. The molecule has 124 valence electrons. The summed E-state index contributed by atoms with van der Waals surface area (Å²) >= 11 is 0. The fraction of sp³-hybridized carbons (Fsp3) is 0.400. The van der Waals surface area contributed by atoms with E-state index in [2.05, 4.69) is 4.98 Å². The van der Waals surface area contributed by atoms with Crippen molar-refractivity contribution in [2.45, 2.75) is 46.1 Å². The number of carbonyl (C=O) groups is 1. The zero-order valence-electron chi connectivity index (χ0n) is 14.1. The number of ketones is 1. The lowest BCUT2D eigenvalue weighted by molar-refractivity contribution is 0.0809. The van der Waals surface area contributed by atoms with E-state index >= 15 is 0 Å². The topological polar surface area (TPSA) is 39.2 Å². The van der Waals surface area contributed by atoms with Crippen molar-refractivity contribution in [3.8, 4) is 17.0 Å². The first kappa shape index (κ1) is 15.3. The Bertz CT molecular complexity index is 857. The van der Waals surface area contributed by atoms with Gasteiger partial charge in [0, 0.05) is 28.5 Å². The number of hydrogen-bond acceptors (Lipinski definition) is 3. The van der Waals surface area contributed by atoms with Crippen LogP contribution in [0, 0.1) is 11.2 Å². The van der Waals surface area contributed by atoms with Crippen LogP contribution in [-0.2, 0) is 12.8 Å². The van der Waals surface area contributed by atoms with Gasteiger partial charge in [0.25, 0.3) is 0 Å². The first-order valence-electron chi connectivity index (χ1n) is 8.39. The molecule has 0 amide bonds. The lowest BCUT2D eigenvalue weighted by atomic mass is 9.75. The zero-order chi connectivity index (χ0) is 17.1. The standard InChI is InChI=1S/C20H20FNO2/c1-11-8-12-9-13(21)10-15(18(12)24-11)16-5-4-14-17(22-16)6-7-20(2,3)19(14)23/h4-5,9-11H,6-8H2,1-3H3. The molecular weight excluding hydrogens is 305 g/mol. The summed E-state index contributed by atoms with van der Waals surface area (Å²) in [6.45, 7) is 5.92. The van der Waals surface area contributed by atoms with E-state index < -0.39 is 0 Å². The van der Waals surface area contributed by atoms with E-state index in [1.807, 2.05) is 26.8 Å². The van der Waals surface area contributed by atoms with Crippen molar-refractivity contribution in [2.24, 2.45) is 5.41 Å². The molecule has 4 heteroatoms. The highest BCUT2D eigenvalue weighted by atomic mass is 19.1. The lowest BCUT2D eigenvalue weighted by Crippen LogP contribution is -2.31. The molecule has 4 rings (SSSR count). The summed E-state index contributed by atoms with van der Waals surface area (Å²) in [7, 11) is 0. The molecule has 0 spiro atoms. The monoisotopic (exact) mass is 325 g/mol. The van der Waals surface area contributed by atoms with Gasteiger partial charge < -0.3 is 4.74 Å². The summed E-state index contributed by atoms with van der Waals surface area (Å²) in [4.78, 5) is 17.2. The molecule has 3 nitrogen and oxygen atoms in total. The molecule has 1 unspecified atom stereocenters. The van der Waals surface area contributed by atoms with Crippen LogP contribution in [-0.4, -0.2) is 16.9 Å². The Morgan fingerprint density at radius 1 is 1.25 bits per heavy atom. The second-order valence-electron chi connectivity index (χ2n) is 7.48. The third-order valence-electron chi connectivity index (χ3n) is 5.05. The van der Waals surface area contributed by atoms with Gasteiger partial charge in [-0.3, -0.25) is 9.78 Å². The minimum Gasteiger partial charge on any atom is -0.489 e. The minimum absolute atomic E-state index is 0.0422. The largest absolute Gasteiger partial charge is 0.489 e. The number of aromatic nitrogens is 1. The Morgan fingerprint density at radius 3 is 2.83 bits per heavy atom. The van der Waals surface area contributed by atoms with Crippen molar-refractivity contribution in [3.05, 3.63) is 46.9 Å². The highest BCUT2D eigenvalue weighted by Gasteiger charge is 2.35. The van der Waals surface area contributed by atoms with E-state index in [4.69, 9.17) is 4.74 Å². The van der Waals surface area contributed by atoms with Gasteiger partial charge in [-0.05, 0) is 44.0 Å². The summed E-state index contributed by atoms with van der Waals surface area (Å²) < 4.78 is 19.9. The Labute approximate surface area is 140 Å². The van der Waals surface area contributed by atoms with Crippen molar-refractivity contribution in [1.29, 1.82) is 0 Å². The summed E-state index contributed by atoms with van der Waals surface area (Å²) in [5.74, 6) is 0.578. The Hall–Kier alpha value is -2.23. The van der Waals surface area contributed by atoms with Crippen LogP contribution >= 0.6 is 0 Å². The number of aryl methyl sites for hydroxylation is 1. The number of rotatable bonds is 1. The van der Waals surface area contributed by atoms with Gasteiger partial charge in [-0.15, -0.1) is 0 Å². The third-order valence-corrected chi connectivity index (χ3v) is 5.05. The molecule has 1 atom stereocenters. The van der Waals surface area contributed by atoms with Crippen molar-refractivity contribution in [1.82, 2.24) is 4.98 Å². The highest BCUT2D eigenvalue weighted by Crippen LogP contribution is 2.40. The number of halogens is 1. The molecule has 0 radical (unpaired) electrons. The quantitative estimate of drug-likeness (QED) is 0.782. The van der Waals surface area contributed by atoms with Crippen LogP contribution in [0.15, 0.2) is 24.3 Å². The van der Waals surface area contributed by atoms with E-state index in [1.165, 1.54) is 12.1 Å². The van der Waals surface area contributed by atoms with Crippen LogP contribution in [0.4, 0.5) is 4.39 Å². The third kappa shape index (κ3) is 2.32. The predicted molar refractivity (Wildman–Crippen MR) is 89.9 cm³/mol. The van der Waals surface area contributed by atoms with Gasteiger partial charge in [0.2, 0.25) is 0 Å². The van der Waals surface area contributed by atoms with E-state index in [0.29, 0.717) is 23.2 Å². The smallest absolute Gasteiger partial charge is 0.170 e. The normalized spacial score (nSPS) is 21.2. The molecule has 0 fully saturated rings. The molecule has 1 aliphatic carbocycles. The molecule has 1 aromatic heterocycles. The van der Waals surface area contributed by atoms with Gasteiger partial charge in [-0.25, -0.2) is 4.39 Å². The van der Waals surface area contributed by atoms with Crippen molar-refractivity contribution in [3.63, 3.8) is 0 Å². The van der Waals surface area contributed by atoms with Gasteiger partial charge in [0.15, 0.2) is 5.78 Å². The highest BCUT2D eigenvalue weighted by molar-refractivity contribution is 6.02. The molecule has 0 saturated carbocycles. The summed E-state index contributed by atoms with van der Waals surface area (Å²) in [5.41, 5.74) is 3.39. The average molecular weight is 325 g/mol. The number of fused-ring (bicyclic) bond motifs is 2. The summed E-state index contributed by atoms with van der Waals surface area (Å²) in [6, 6.07) is 6.64. The Morgan fingerprint density at radius 2 is 2.04 bits per heavy atom. The second-order valence-corrected chi connectivity index (χ2v) is 7.48. The predicted octanol–water partition coefficient (Wildman–Crippen LogP) is 4.37. The van der Waals surface area contributed by atoms with Crippen LogP contribution in [0.1, 0.15) is 48.8 Å². The van der Waals surface area contributed by atoms with Gasteiger partial charge in [-0.1, -0.05) is 13.8 Å². The lowest BCUT2D eigenvalue weighted by Gasteiger charge is -2.29. The van der Waals surface area contributed by atoms with Crippen molar-refractivity contribution >= 4 is 5.78 Å². The number of pyridine rings is 1. The maximum absolute atomic E-state index is 14.0. The number of Topliss-reactive ketones (excluding diaryl/α,β-unsaturated/α-hetero) is 1. The van der Waals surface area contributed by atoms with Gasteiger partial charge in [0.1, 0.15) is 17.7 Å². The molecule has 0 bridgehead atoms. The molecule has 0 N–H and O–H groups in total. The van der Waals surface area contributed by atoms with Crippen molar-refractivity contribution < 1.29 is 13.9 Å². The number of hydrogen-bond donors (Lipinski definition) is 0. The van der Waals surface area contributed by atoms with E-state index in [0.717, 1.165) is 29.8 Å². The number of carbonyl (C=O) groups excluding carboxylic acids is 1. The molecule has 1 aliphatic heterocycles. The van der Waals surface area contributed by atoms with Gasteiger partial charge >= 0.3 is 0 Å². The maximum Gasteiger partial charge on any atom is 0.170 e. The van der Waals surface area contributed by atoms with Crippen LogP contribution in [0.5, 0.6) is 5.75 Å². The van der Waals surface area contributed by atoms with Gasteiger partial charge in [-0.2, -0.15) is 0 Å². The molecule has 24 heavy (non-hydrogen) atoms. The van der Waals surface area contributed by atoms with Crippen LogP contribution < -0.4 is 4.74 Å². The van der Waals surface area contributed by atoms with E-state index in [9.17, 15) is 9.18 Å². The fourth-order valence-electron chi connectivity index (χ4n) is 3.64. The average Bonchev–Trinajstić information content (AvgIpc) is 2.90. The number of benzene rings is 1. The Kier molecular flexibility index (Phi) is 3.27. The van der Waals surface area contributed by atoms with E-state index in [1.54, 1.807) is 6.07 Å². The van der Waals surface area contributed by atoms with Gasteiger partial charge in [0.05, 0.1) is 11.4 Å².